The van der Waals surface area contributed by atoms with Crippen molar-refractivity contribution in [2.75, 3.05) is 6.54 Å². The van der Waals surface area contributed by atoms with Crippen molar-refractivity contribution in [3.05, 3.63) is 41.7 Å². The first-order valence-corrected chi connectivity index (χ1v) is 7.68. The average molecular weight is 272 g/mol. The Morgan fingerprint density at radius 1 is 1.30 bits per heavy atom. The summed E-state index contributed by atoms with van der Waals surface area (Å²) in [5, 5.41) is 3.02. The van der Waals surface area contributed by atoms with Gasteiger partial charge in [-0.15, -0.1) is 0 Å². The van der Waals surface area contributed by atoms with Crippen LogP contribution in [0.15, 0.2) is 36.2 Å². The second-order valence-electron chi connectivity index (χ2n) is 5.42. The first kappa shape index (κ1) is 14.8. The Hall–Kier alpha value is -1.64. The quantitative estimate of drug-likeness (QED) is 0.773. The van der Waals surface area contributed by atoms with E-state index in [9.17, 15) is 4.79 Å². The molecule has 1 heterocycles. The van der Waals surface area contributed by atoms with E-state index < -0.39 is 0 Å². The van der Waals surface area contributed by atoms with Gasteiger partial charge in [0.05, 0.1) is 0 Å². The van der Waals surface area contributed by atoms with Crippen LogP contribution in [0.1, 0.15) is 50.5 Å². The molecule has 1 amide bonds. The lowest BCUT2D eigenvalue weighted by atomic mass is 9.97. The van der Waals surface area contributed by atoms with E-state index in [4.69, 9.17) is 0 Å². The molecule has 0 unspecified atom stereocenters. The minimum atomic E-state index is 0.172. The van der Waals surface area contributed by atoms with Crippen molar-refractivity contribution < 1.29 is 4.79 Å². The number of amides is 1. The summed E-state index contributed by atoms with van der Waals surface area (Å²) in [6.07, 6.45) is 14.5. The Balaban J connectivity index is 1.55. The van der Waals surface area contributed by atoms with Crippen LogP contribution in [-0.4, -0.2) is 17.4 Å². The fraction of sp³-hybridized carbons (Fsp3) is 0.529. The van der Waals surface area contributed by atoms with Gasteiger partial charge in [0.25, 0.3) is 0 Å². The highest BCUT2D eigenvalue weighted by molar-refractivity contribution is 5.75. The maximum absolute atomic E-state index is 11.7. The second-order valence-corrected chi connectivity index (χ2v) is 5.42. The number of aryl methyl sites for hydroxylation is 1. The number of pyridine rings is 1. The van der Waals surface area contributed by atoms with Crippen LogP contribution in [0.3, 0.4) is 0 Å². The molecule has 2 rings (SSSR count). The molecule has 0 spiro atoms. The molecular formula is C17H24N2O. The van der Waals surface area contributed by atoms with Crippen molar-refractivity contribution in [1.82, 2.24) is 10.3 Å². The van der Waals surface area contributed by atoms with Gasteiger partial charge in [0.2, 0.25) is 5.91 Å². The van der Waals surface area contributed by atoms with Gasteiger partial charge in [0.1, 0.15) is 0 Å². The number of hydrogen-bond donors (Lipinski definition) is 1. The third-order valence-corrected chi connectivity index (χ3v) is 3.75. The van der Waals surface area contributed by atoms with Gasteiger partial charge in [-0.3, -0.25) is 9.78 Å². The first-order chi connectivity index (χ1) is 9.84. The van der Waals surface area contributed by atoms with Gasteiger partial charge in [0.15, 0.2) is 0 Å². The Morgan fingerprint density at radius 2 is 2.25 bits per heavy atom. The van der Waals surface area contributed by atoms with E-state index in [0.717, 1.165) is 25.8 Å². The van der Waals surface area contributed by atoms with Crippen LogP contribution >= 0.6 is 0 Å². The Labute approximate surface area is 121 Å². The number of carbonyl (C=O) groups is 1. The van der Waals surface area contributed by atoms with Crippen LogP contribution in [0.5, 0.6) is 0 Å². The van der Waals surface area contributed by atoms with Gasteiger partial charge < -0.3 is 5.32 Å². The van der Waals surface area contributed by atoms with Crippen molar-refractivity contribution in [2.24, 2.45) is 0 Å². The number of nitrogens with one attached hydrogen (secondary N) is 1. The lowest BCUT2D eigenvalue weighted by Crippen LogP contribution is -2.24. The maximum Gasteiger partial charge on any atom is 0.220 e. The summed E-state index contributed by atoms with van der Waals surface area (Å²) in [5.74, 6) is 0.172. The molecule has 1 aliphatic rings. The number of rotatable bonds is 7. The number of aromatic nitrogens is 1. The summed E-state index contributed by atoms with van der Waals surface area (Å²) in [5.41, 5.74) is 2.72. The fourth-order valence-electron chi connectivity index (χ4n) is 2.58. The smallest absolute Gasteiger partial charge is 0.220 e. The second kappa shape index (κ2) is 8.51. The molecule has 20 heavy (non-hydrogen) atoms. The summed E-state index contributed by atoms with van der Waals surface area (Å²) in [4.78, 5) is 15.8. The minimum Gasteiger partial charge on any atom is -0.356 e. The highest BCUT2D eigenvalue weighted by Gasteiger charge is 2.05. The van der Waals surface area contributed by atoms with E-state index >= 15 is 0 Å². The molecule has 3 nitrogen and oxygen atoms in total. The standard InChI is InChI=1S/C17H24N2O/c20-17(10-4-8-16-9-5-12-18-14-16)19-13-11-15-6-2-1-3-7-15/h5-6,9,12,14H,1-4,7-8,10-11,13H2,(H,19,20). The van der Waals surface area contributed by atoms with Crippen LogP contribution in [0, 0.1) is 0 Å². The zero-order valence-corrected chi connectivity index (χ0v) is 12.1. The predicted octanol–water partition coefficient (Wildman–Crippen LogP) is 3.41. The lowest BCUT2D eigenvalue weighted by Gasteiger charge is -2.12. The molecule has 1 aromatic rings. The third-order valence-electron chi connectivity index (χ3n) is 3.75. The zero-order valence-electron chi connectivity index (χ0n) is 12.1. The van der Waals surface area contributed by atoms with Gasteiger partial charge >= 0.3 is 0 Å². The number of carbonyl (C=O) groups excluding carboxylic acids is 1. The van der Waals surface area contributed by atoms with Gasteiger partial charge in [-0.1, -0.05) is 17.7 Å². The number of hydrogen-bond acceptors (Lipinski definition) is 2. The molecule has 0 bridgehead atoms. The van der Waals surface area contributed by atoms with Crippen LogP contribution in [0.25, 0.3) is 0 Å². The van der Waals surface area contributed by atoms with E-state index in [1.54, 1.807) is 6.20 Å². The monoisotopic (exact) mass is 272 g/mol. The van der Waals surface area contributed by atoms with Crippen LogP contribution in [-0.2, 0) is 11.2 Å². The molecule has 0 fully saturated rings. The Kier molecular flexibility index (Phi) is 6.28. The largest absolute Gasteiger partial charge is 0.356 e. The van der Waals surface area contributed by atoms with E-state index in [2.05, 4.69) is 22.4 Å². The SMILES string of the molecule is O=C(CCCc1cccnc1)NCCC1=CCCCC1. The summed E-state index contributed by atoms with van der Waals surface area (Å²) >= 11 is 0. The Morgan fingerprint density at radius 3 is 3.00 bits per heavy atom. The normalized spacial score (nSPS) is 14.7. The van der Waals surface area contributed by atoms with Crippen molar-refractivity contribution in [1.29, 1.82) is 0 Å². The maximum atomic E-state index is 11.7. The predicted molar refractivity (Wildman–Crippen MR) is 81.4 cm³/mol. The highest BCUT2D eigenvalue weighted by Crippen LogP contribution is 2.19. The van der Waals surface area contributed by atoms with E-state index in [-0.39, 0.29) is 5.91 Å². The number of nitrogens with zero attached hydrogens (tertiary/aromatic N) is 1. The molecule has 1 aliphatic carbocycles. The fourth-order valence-corrected chi connectivity index (χ4v) is 2.58. The molecule has 0 saturated heterocycles. The van der Waals surface area contributed by atoms with Gasteiger partial charge in [-0.05, 0) is 56.6 Å². The van der Waals surface area contributed by atoms with Gasteiger partial charge in [-0.2, -0.15) is 0 Å². The first-order valence-electron chi connectivity index (χ1n) is 7.68. The van der Waals surface area contributed by atoms with Crippen molar-refractivity contribution in [3.8, 4) is 0 Å². The summed E-state index contributed by atoms with van der Waals surface area (Å²) in [7, 11) is 0. The molecule has 0 aromatic carbocycles. The molecule has 1 aromatic heterocycles. The number of allylic oxidation sites excluding steroid dienone is 1. The van der Waals surface area contributed by atoms with Crippen LogP contribution < -0.4 is 5.32 Å². The Bertz CT molecular complexity index is 440. The average Bonchev–Trinajstić information content (AvgIpc) is 2.49. The van der Waals surface area contributed by atoms with Crippen molar-refractivity contribution in [3.63, 3.8) is 0 Å². The summed E-state index contributed by atoms with van der Waals surface area (Å²) in [6, 6.07) is 3.99. The van der Waals surface area contributed by atoms with Crippen molar-refractivity contribution in [2.45, 2.75) is 51.4 Å². The molecular weight excluding hydrogens is 248 g/mol. The van der Waals surface area contributed by atoms with Crippen molar-refractivity contribution >= 4 is 5.91 Å². The molecule has 1 N–H and O–H groups in total. The molecule has 3 heteroatoms. The molecule has 0 atom stereocenters. The topological polar surface area (TPSA) is 42.0 Å². The zero-order chi connectivity index (χ0) is 14.0. The summed E-state index contributed by atoms with van der Waals surface area (Å²) in [6.45, 7) is 0.789. The molecule has 0 radical (unpaired) electrons. The van der Waals surface area contributed by atoms with Gasteiger partial charge in [-0.25, -0.2) is 0 Å². The lowest BCUT2D eigenvalue weighted by molar-refractivity contribution is -0.121. The minimum absolute atomic E-state index is 0.172. The van der Waals surface area contributed by atoms with Crippen LogP contribution in [0.2, 0.25) is 0 Å². The third kappa shape index (κ3) is 5.55. The van der Waals surface area contributed by atoms with Gasteiger partial charge in [0, 0.05) is 25.4 Å². The van der Waals surface area contributed by atoms with E-state index in [1.807, 2.05) is 12.3 Å². The summed E-state index contributed by atoms with van der Waals surface area (Å²) < 4.78 is 0. The molecule has 0 saturated carbocycles. The highest BCUT2D eigenvalue weighted by atomic mass is 16.1. The van der Waals surface area contributed by atoms with Crippen LogP contribution in [0.4, 0.5) is 0 Å². The van der Waals surface area contributed by atoms with E-state index in [0.29, 0.717) is 6.42 Å². The molecule has 108 valence electrons. The van der Waals surface area contributed by atoms with E-state index in [1.165, 1.54) is 36.8 Å². The molecule has 0 aliphatic heterocycles.